The second kappa shape index (κ2) is 8.80. The molecule has 0 bridgehead atoms. The van der Waals surface area contributed by atoms with E-state index in [1.807, 2.05) is 0 Å². The van der Waals surface area contributed by atoms with Crippen molar-refractivity contribution in [3.63, 3.8) is 0 Å². The number of anilines is 2. The van der Waals surface area contributed by atoms with Crippen LogP contribution >= 0.6 is 23.2 Å². The Bertz CT molecular complexity index is 786. The molecule has 5 nitrogen and oxygen atoms in total. The van der Waals surface area contributed by atoms with Gasteiger partial charge in [0, 0.05) is 5.69 Å². The molecule has 0 aliphatic carbocycles. The highest BCUT2D eigenvalue weighted by Gasteiger charge is 2.12. The van der Waals surface area contributed by atoms with Crippen molar-refractivity contribution in [3.05, 3.63) is 58.3 Å². The Hall–Kier alpha value is -2.15. The third-order valence-corrected chi connectivity index (χ3v) is 3.80. The van der Waals surface area contributed by atoms with Crippen LogP contribution in [0.3, 0.4) is 0 Å². The number of para-hydroxylation sites is 1. The van der Waals surface area contributed by atoms with Crippen molar-refractivity contribution in [1.82, 2.24) is 4.90 Å². The molecule has 2 aromatic carbocycles. The van der Waals surface area contributed by atoms with Gasteiger partial charge in [0.15, 0.2) is 0 Å². The monoisotopic (exact) mass is 383 g/mol. The highest BCUT2D eigenvalue weighted by molar-refractivity contribution is 6.33. The predicted molar refractivity (Wildman–Crippen MR) is 97.6 cm³/mol. The summed E-state index contributed by atoms with van der Waals surface area (Å²) in [7, 11) is 1.63. The SMILES string of the molecule is CN(CC(=O)Nc1ccc(F)c(Cl)c1)CC(=O)Nc1ccccc1Cl. The first kappa shape index (κ1) is 19.2. The maximum atomic E-state index is 13.1. The normalized spacial score (nSPS) is 10.6. The number of hydrogen-bond donors (Lipinski definition) is 2. The van der Waals surface area contributed by atoms with E-state index in [1.54, 1.807) is 31.3 Å². The van der Waals surface area contributed by atoms with Gasteiger partial charge in [0.2, 0.25) is 11.8 Å². The first-order chi connectivity index (χ1) is 11.8. The molecule has 0 saturated heterocycles. The minimum Gasteiger partial charge on any atom is -0.325 e. The summed E-state index contributed by atoms with van der Waals surface area (Å²) in [5.74, 6) is -1.21. The molecule has 0 fully saturated rings. The minimum atomic E-state index is -0.562. The Morgan fingerprint density at radius 3 is 2.28 bits per heavy atom. The van der Waals surface area contributed by atoms with Gasteiger partial charge in [-0.25, -0.2) is 4.39 Å². The molecule has 2 N–H and O–H groups in total. The van der Waals surface area contributed by atoms with E-state index in [2.05, 4.69) is 10.6 Å². The molecule has 0 heterocycles. The number of carbonyl (C=O) groups is 2. The van der Waals surface area contributed by atoms with Crippen LogP contribution in [0.5, 0.6) is 0 Å². The van der Waals surface area contributed by atoms with Gasteiger partial charge in [-0.2, -0.15) is 0 Å². The number of hydrogen-bond acceptors (Lipinski definition) is 3. The van der Waals surface area contributed by atoms with Gasteiger partial charge in [0.05, 0.1) is 28.8 Å². The molecular weight excluding hydrogens is 368 g/mol. The van der Waals surface area contributed by atoms with E-state index >= 15 is 0 Å². The summed E-state index contributed by atoms with van der Waals surface area (Å²) < 4.78 is 13.1. The number of nitrogens with one attached hydrogen (secondary N) is 2. The van der Waals surface area contributed by atoms with Crippen LogP contribution in [-0.2, 0) is 9.59 Å². The number of carbonyl (C=O) groups excluding carboxylic acids is 2. The van der Waals surface area contributed by atoms with Crippen molar-refractivity contribution in [2.24, 2.45) is 0 Å². The summed E-state index contributed by atoms with van der Waals surface area (Å²) in [6, 6.07) is 10.8. The van der Waals surface area contributed by atoms with Crippen molar-refractivity contribution < 1.29 is 14.0 Å². The number of amides is 2. The van der Waals surface area contributed by atoms with E-state index in [4.69, 9.17) is 23.2 Å². The molecule has 0 saturated carbocycles. The fourth-order valence-corrected chi connectivity index (χ4v) is 2.44. The van der Waals surface area contributed by atoms with Crippen LogP contribution in [0.1, 0.15) is 0 Å². The molecule has 0 aliphatic rings. The van der Waals surface area contributed by atoms with Gasteiger partial charge in [-0.1, -0.05) is 35.3 Å². The highest BCUT2D eigenvalue weighted by atomic mass is 35.5. The van der Waals surface area contributed by atoms with Crippen LogP contribution < -0.4 is 10.6 Å². The summed E-state index contributed by atoms with van der Waals surface area (Å²) in [5, 5.41) is 5.62. The summed E-state index contributed by atoms with van der Waals surface area (Å²) in [6.45, 7) is -0.0201. The molecule has 132 valence electrons. The van der Waals surface area contributed by atoms with Crippen molar-refractivity contribution in [1.29, 1.82) is 0 Å². The lowest BCUT2D eigenvalue weighted by Gasteiger charge is -2.16. The second-order valence-corrected chi connectivity index (χ2v) is 6.19. The Morgan fingerprint density at radius 2 is 1.64 bits per heavy atom. The molecule has 0 aliphatic heterocycles. The Morgan fingerprint density at radius 1 is 1.00 bits per heavy atom. The van der Waals surface area contributed by atoms with E-state index in [-0.39, 0.29) is 29.9 Å². The van der Waals surface area contributed by atoms with Crippen LogP contribution in [0.2, 0.25) is 10.0 Å². The molecule has 2 amide bonds. The van der Waals surface area contributed by atoms with Crippen LogP contribution in [-0.4, -0.2) is 36.9 Å². The van der Waals surface area contributed by atoms with E-state index in [1.165, 1.54) is 23.1 Å². The Labute approximate surface area is 154 Å². The van der Waals surface area contributed by atoms with Gasteiger partial charge in [-0.3, -0.25) is 14.5 Å². The lowest BCUT2D eigenvalue weighted by Crippen LogP contribution is -2.36. The molecule has 0 unspecified atom stereocenters. The molecule has 0 atom stereocenters. The fraction of sp³-hybridized carbons (Fsp3) is 0.176. The predicted octanol–water partition coefficient (Wildman–Crippen LogP) is 3.64. The molecule has 0 spiro atoms. The highest BCUT2D eigenvalue weighted by Crippen LogP contribution is 2.20. The zero-order valence-corrected chi connectivity index (χ0v) is 14.9. The first-order valence-corrected chi connectivity index (χ1v) is 8.08. The molecule has 25 heavy (non-hydrogen) atoms. The van der Waals surface area contributed by atoms with E-state index in [0.29, 0.717) is 16.4 Å². The topological polar surface area (TPSA) is 61.4 Å². The Balaban J connectivity index is 1.83. The van der Waals surface area contributed by atoms with Crippen LogP contribution in [0, 0.1) is 5.82 Å². The first-order valence-electron chi connectivity index (χ1n) is 7.33. The van der Waals surface area contributed by atoms with Crippen LogP contribution in [0.25, 0.3) is 0 Å². The summed E-state index contributed by atoms with van der Waals surface area (Å²) in [4.78, 5) is 25.5. The van der Waals surface area contributed by atoms with E-state index < -0.39 is 5.82 Å². The van der Waals surface area contributed by atoms with Crippen LogP contribution in [0.15, 0.2) is 42.5 Å². The average Bonchev–Trinajstić information content (AvgIpc) is 2.52. The van der Waals surface area contributed by atoms with Crippen molar-refractivity contribution in [2.45, 2.75) is 0 Å². The van der Waals surface area contributed by atoms with Gasteiger partial charge >= 0.3 is 0 Å². The molecular formula is C17H16Cl2FN3O2. The summed E-state index contributed by atoms with van der Waals surface area (Å²) >= 11 is 11.6. The molecule has 0 radical (unpaired) electrons. The molecule has 8 heteroatoms. The number of rotatable bonds is 6. The van der Waals surface area contributed by atoms with Gasteiger partial charge in [0.25, 0.3) is 0 Å². The van der Waals surface area contributed by atoms with Gasteiger partial charge in [0.1, 0.15) is 5.82 Å². The van der Waals surface area contributed by atoms with Crippen molar-refractivity contribution in [3.8, 4) is 0 Å². The van der Waals surface area contributed by atoms with Gasteiger partial charge < -0.3 is 10.6 Å². The lowest BCUT2D eigenvalue weighted by molar-refractivity contribution is -0.119. The zero-order valence-electron chi connectivity index (χ0n) is 13.4. The maximum Gasteiger partial charge on any atom is 0.238 e. The van der Waals surface area contributed by atoms with E-state index in [0.717, 1.165) is 0 Å². The zero-order chi connectivity index (χ0) is 18.4. The third kappa shape index (κ3) is 6.01. The largest absolute Gasteiger partial charge is 0.325 e. The maximum absolute atomic E-state index is 13.1. The molecule has 2 rings (SSSR count). The standard InChI is InChI=1S/C17H16Cl2FN3O2/c1-23(10-17(25)22-15-5-3-2-4-12(15)18)9-16(24)21-11-6-7-14(20)13(19)8-11/h2-8H,9-10H2,1H3,(H,21,24)(H,22,25). The van der Waals surface area contributed by atoms with Crippen LogP contribution in [0.4, 0.5) is 15.8 Å². The molecule has 0 aromatic heterocycles. The average molecular weight is 384 g/mol. The molecule has 2 aromatic rings. The lowest BCUT2D eigenvalue weighted by atomic mass is 10.3. The summed E-state index contributed by atoms with van der Waals surface area (Å²) in [5.41, 5.74) is 0.887. The quantitative estimate of drug-likeness (QED) is 0.800. The fourth-order valence-electron chi connectivity index (χ4n) is 2.07. The second-order valence-electron chi connectivity index (χ2n) is 5.38. The smallest absolute Gasteiger partial charge is 0.238 e. The number of halogens is 3. The van der Waals surface area contributed by atoms with Crippen molar-refractivity contribution >= 4 is 46.4 Å². The number of likely N-dealkylation sites (N-methyl/N-ethyl adjacent to an activating group) is 1. The van der Waals surface area contributed by atoms with Gasteiger partial charge in [-0.15, -0.1) is 0 Å². The number of nitrogens with zero attached hydrogens (tertiary/aromatic N) is 1. The minimum absolute atomic E-state index is 0.00279. The Kier molecular flexibility index (Phi) is 6.75. The third-order valence-electron chi connectivity index (χ3n) is 3.18. The van der Waals surface area contributed by atoms with E-state index in [9.17, 15) is 14.0 Å². The van der Waals surface area contributed by atoms with Gasteiger partial charge in [-0.05, 0) is 37.4 Å². The number of benzene rings is 2. The van der Waals surface area contributed by atoms with Crippen molar-refractivity contribution in [2.75, 3.05) is 30.8 Å². The summed E-state index contributed by atoms with van der Waals surface area (Å²) in [6.07, 6.45) is 0.